The van der Waals surface area contributed by atoms with Gasteiger partial charge in [0.25, 0.3) is 15.9 Å². The van der Waals surface area contributed by atoms with Crippen LogP contribution in [0.25, 0.3) is 11.3 Å². The zero-order chi connectivity index (χ0) is 25.9. The van der Waals surface area contributed by atoms with E-state index >= 15 is 0 Å². The van der Waals surface area contributed by atoms with Crippen LogP contribution in [0.2, 0.25) is 0 Å². The monoisotopic (exact) mass is 510 g/mol. The number of aryl methyl sites for hydroxylation is 3. The average molecular weight is 511 g/mol. The van der Waals surface area contributed by atoms with Crippen molar-refractivity contribution in [3.05, 3.63) is 83.0 Å². The standard InChI is InChI=1S/C26H26N4O5S.2H2/c1-5-34-20-8-6-19(7-9-20)22-11-10-21(25(31)30-36(32,33)23-12-13-27-29-23)26(28-22)35-24-17(3)14-16(2)15-18(24)4;;/h6-15H,5H2,1-4H3,(H,27,29)(H,30,31);2*1H. The van der Waals surface area contributed by atoms with Crippen LogP contribution in [0.4, 0.5) is 0 Å². The van der Waals surface area contributed by atoms with E-state index < -0.39 is 15.9 Å². The van der Waals surface area contributed by atoms with Crippen LogP contribution < -0.4 is 14.2 Å². The molecule has 0 aliphatic heterocycles. The Bertz CT molecular complexity index is 1490. The van der Waals surface area contributed by atoms with E-state index in [1.807, 2.05) is 68.8 Å². The SMILES string of the molecule is CCOc1ccc(-c2ccc(C(=O)NS(=O)(=O)c3ccn[nH]3)c(Oc3c(C)cc(C)cc3C)n2)cc1.[HH].[HH]. The van der Waals surface area contributed by atoms with Crippen LogP contribution in [0.15, 0.2) is 65.8 Å². The van der Waals surface area contributed by atoms with Gasteiger partial charge in [0.05, 0.1) is 18.5 Å². The molecule has 9 nitrogen and oxygen atoms in total. The van der Waals surface area contributed by atoms with Gasteiger partial charge < -0.3 is 9.47 Å². The molecule has 0 saturated carbocycles. The molecule has 10 heteroatoms. The lowest BCUT2D eigenvalue weighted by Crippen LogP contribution is -2.31. The van der Waals surface area contributed by atoms with E-state index in [0.29, 0.717) is 18.1 Å². The van der Waals surface area contributed by atoms with Gasteiger partial charge >= 0.3 is 0 Å². The van der Waals surface area contributed by atoms with Crippen molar-refractivity contribution in [2.45, 2.75) is 32.7 Å². The molecule has 0 spiro atoms. The van der Waals surface area contributed by atoms with Crippen molar-refractivity contribution in [2.75, 3.05) is 6.61 Å². The number of hydrogen-bond acceptors (Lipinski definition) is 7. The molecule has 36 heavy (non-hydrogen) atoms. The Morgan fingerprint density at radius 2 is 1.72 bits per heavy atom. The Morgan fingerprint density at radius 1 is 1.03 bits per heavy atom. The van der Waals surface area contributed by atoms with Gasteiger partial charge in [-0.1, -0.05) is 17.7 Å². The summed E-state index contributed by atoms with van der Waals surface area (Å²) in [7, 11) is -4.16. The Morgan fingerprint density at radius 3 is 2.33 bits per heavy atom. The minimum absolute atomic E-state index is 0. The van der Waals surface area contributed by atoms with E-state index in [9.17, 15) is 13.2 Å². The minimum Gasteiger partial charge on any atom is -0.494 e. The fourth-order valence-corrected chi connectivity index (χ4v) is 4.67. The quantitative estimate of drug-likeness (QED) is 0.334. The van der Waals surface area contributed by atoms with Gasteiger partial charge in [-0.25, -0.2) is 9.71 Å². The number of benzene rings is 2. The second kappa shape index (κ2) is 10.2. The second-order valence-electron chi connectivity index (χ2n) is 8.19. The van der Waals surface area contributed by atoms with Gasteiger partial charge in [-0.15, -0.1) is 0 Å². The fourth-order valence-electron chi connectivity index (χ4n) is 3.79. The Kier molecular flexibility index (Phi) is 7.07. The molecule has 0 aliphatic carbocycles. The summed E-state index contributed by atoms with van der Waals surface area (Å²) in [5, 5.41) is 5.74. The number of ether oxygens (including phenoxy) is 2. The smallest absolute Gasteiger partial charge is 0.281 e. The Labute approximate surface area is 212 Å². The van der Waals surface area contributed by atoms with Crippen LogP contribution in [0.1, 0.15) is 36.8 Å². The molecule has 4 aromatic rings. The lowest BCUT2D eigenvalue weighted by atomic mass is 10.1. The van der Waals surface area contributed by atoms with Gasteiger partial charge in [0.2, 0.25) is 5.88 Å². The summed E-state index contributed by atoms with van der Waals surface area (Å²) in [6, 6.07) is 15.6. The average Bonchev–Trinajstić information content (AvgIpc) is 3.38. The molecular formula is C26H30N4O5S. The van der Waals surface area contributed by atoms with Gasteiger partial charge in [0, 0.05) is 8.42 Å². The summed E-state index contributed by atoms with van der Waals surface area (Å²) in [6.07, 6.45) is 1.28. The van der Waals surface area contributed by atoms with Gasteiger partial charge in [-0.3, -0.25) is 9.89 Å². The van der Waals surface area contributed by atoms with Crippen LogP contribution in [0.5, 0.6) is 17.4 Å². The molecule has 0 aliphatic rings. The number of carbonyl (C=O) groups excluding carboxylic acids is 1. The largest absolute Gasteiger partial charge is 0.494 e. The number of aromatic amines is 1. The van der Waals surface area contributed by atoms with Crippen LogP contribution in [0, 0.1) is 20.8 Å². The Balaban J connectivity index is 0.00000253. The highest BCUT2D eigenvalue weighted by molar-refractivity contribution is 7.90. The minimum atomic E-state index is -4.16. The molecule has 0 bridgehead atoms. The lowest BCUT2D eigenvalue weighted by Gasteiger charge is -2.16. The summed E-state index contributed by atoms with van der Waals surface area (Å²) < 4.78 is 38.9. The highest BCUT2D eigenvalue weighted by Gasteiger charge is 2.24. The summed E-state index contributed by atoms with van der Waals surface area (Å²) in [6.45, 7) is 8.23. The number of amides is 1. The van der Waals surface area contributed by atoms with Crippen molar-refractivity contribution >= 4 is 15.9 Å². The molecule has 190 valence electrons. The first-order valence-electron chi connectivity index (χ1n) is 11.2. The van der Waals surface area contributed by atoms with Crippen molar-refractivity contribution in [3.8, 4) is 28.6 Å². The molecule has 0 radical (unpaired) electrons. The summed E-state index contributed by atoms with van der Waals surface area (Å²) in [4.78, 5) is 17.7. The molecule has 2 aromatic heterocycles. The molecule has 4 rings (SSSR count). The van der Waals surface area contributed by atoms with Crippen molar-refractivity contribution in [1.29, 1.82) is 0 Å². The van der Waals surface area contributed by atoms with Crippen molar-refractivity contribution in [1.82, 2.24) is 19.9 Å². The van der Waals surface area contributed by atoms with Crippen molar-refractivity contribution < 1.29 is 25.5 Å². The molecule has 2 N–H and O–H groups in total. The Hall–Kier alpha value is -4.18. The topological polar surface area (TPSA) is 123 Å². The molecule has 0 saturated heterocycles. The molecule has 2 aromatic carbocycles. The number of rotatable bonds is 8. The summed E-state index contributed by atoms with van der Waals surface area (Å²) in [5.74, 6) is 0.368. The van der Waals surface area contributed by atoms with E-state index in [-0.39, 0.29) is 19.3 Å². The molecule has 1 amide bonds. The number of nitrogens with one attached hydrogen (secondary N) is 2. The summed E-state index contributed by atoms with van der Waals surface area (Å²) in [5.41, 5.74) is 4.07. The van der Waals surface area contributed by atoms with E-state index in [2.05, 4.69) is 15.2 Å². The first-order chi connectivity index (χ1) is 17.2. The number of carbonyl (C=O) groups is 1. The lowest BCUT2D eigenvalue weighted by molar-refractivity contribution is 0.0978. The molecule has 0 unspecified atom stereocenters. The van der Waals surface area contributed by atoms with Gasteiger partial charge in [0.15, 0.2) is 5.03 Å². The zero-order valence-electron chi connectivity index (χ0n) is 20.3. The number of H-pyrrole nitrogens is 1. The number of pyridine rings is 1. The third kappa shape index (κ3) is 5.38. The normalized spacial score (nSPS) is 11.2. The van der Waals surface area contributed by atoms with Gasteiger partial charge in [-0.2, -0.15) is 13.5 Å². The fraction of sp³-hybridized carbons (Fsp3) is 0.192. The highest BCUT2D eigenvalue weighted by atomic mass is 32.2. The zero-order valence-corrected chi connectivity index (χ0v) is 21.1. The maximum absolute atomic E-state index is 13.1. The highest BCUT2D eigenvalue weighted by Crippen LogP contribution is 2.33. The van der Waals surface area contributed by atoms with E-state index in [1.165, 1.54) is 18.3 Å². The maximum atomic E-state index is 13.1. The van der Waals surface area contributed by atoms with Crippen LogP contribution in [-0.2, 0) is 10.0 Å². The maximum Gasteiger partial charge on any atom is 0.281 e. The van der Waals surface area contributed by atoms with Crippen LogP contribution in [-0.4, -0.2) is 36.1 Å². The third-order valence-corrected chi connectivity index (χ3v) is 6.62. The second-order valence-corrected chi connectivity index (χ2v) is 9.84. The third-order valence-electron chi connectivity index (χ3n) is 5.36. The van der Waals surface area contributed by atoms with Gasteiger partial charge in [-0.05, 0) is 81.3 Å². The predicted molar refractivity (Wildman–Crippen MR) is 139 cm³/mol. The van der Waals surface area contributed by atoms with Crippen LogP contribution >= 0.6 is 0 Å². The predicted octanol–water partition coefficient (Wildman–Crippen LogP) is 5.20. The first kappa shape index (κ1) is 24.9. The molecule has 2 heterocycles. The van der Waals surface area contributed by atoms with Crippen molar-refractivity contribution in [2.24, 2.45) is 0 Å². The van der Waals surface area contributed by atoms with E-state index in [0.717, 1.165) is 28.0 Å². The van der Waals surface area contributed by atoms with E-state index in [4.69, 9.17) is 9.47 Å². The first-order valence-corrected chi connectivity index (χ1v) is 12.7. The molecule has 0 atom stereocenters. The van der Waals surface area contributed by atoms with Crippen molar-refractivity contribution in [3.63, 3.8) is 0 Å². The number of hydrogen-bond donors (Lipinski definition) is 2. The van der Waals surface area contributed by atoms with E-state index in [1.54, 1.807) is 6.07 Å². The number of nitrogens with zero attached hydrogens (tertiary/aromatic N) is 2. The molecular weight excluding hydrogens is 480 g/mol. The number of sulfonamides is 1. The summed E-state index contributed by atoms with van der Waals surface area (Å²) >= 11 is 0. The number of aromatic nitrogens is 3. The molecule has 0 fully saturated rings. The van der Waals surface area contributed by atoms with Gasteiger partial charge in [0.1, 0.15) is 17.1 Å². The van der Waals surface area contributed by atoms with Crippen LogP contribution in [0.3, 0.4) is 0 Å².